The molecular weight excluding hydrogens is 775 g/mol. The van der Waals surface area contributed by atoms with Crippen molar-refractivity contribution in [1.82, 2.24) is 4.98 Å². The number of aliphatic hydroxyl groups excluding tert-OH is 1. The van der Waals surface area contributed by atoms with Gasteiger partial charge in [0.15, 0.2) is 5.78 Å². The minimum absolute atomic E-state index is 0. The second-order valence-corrected chi connectivity index (χ2v) is 13.4. The van der Waals surface area contributed by atoms with E-state index >= 15 is 0 Å². The van der Waals surface area contributed by atoms with Gasteiger partial charge in [-0.25, -0.2) is 0 Å². The molecule has 0 aliphatic rings. The van der Waals surface area contributed by atoms with Crippen LogP contribution in [0.2, 0.25) is 0 Å². The number of thiophene rings is 1. The van der Waals surface area contributed by atoms with Crippen LogP contribution in [0.25, 0.3) is 42.9 Å². The molecule has 0 amide bonds. The number of aryl methyl sites for hydroxylation is 4. The van der Waals surface area contributed by atoms with Crippen LogP contribution >= 0.6 is 11.3 Å². The molecule has 1 N–H and O–H groups in total. The number of carbonyl (C=O) groups is 1. The van der Waals surface area contributed by atoms with Crippen molar-refractivity contribution in [3.05, 3.63) is 113 Å². The maximum atomic E-state index is 11.7. The van der Waals surface area contributed by atoms with Crippen LogP contribution in [0.4, 0.5) is 0 Å². The van der Waals surface area contributed by atoms with Gasteiger partial charge < -0.3 is 10.1 Å². The number of hydrogen-bond acceptors (Lipinski definition) is 4. The van der Waals surface area contributed by atoms with Crippen molar-refractivity contribution in [2.24, 2.45) is 11.8 Å². The maximum absolute atomic E-state index is 11.7. The average Bonchev–Trinajstić information content (AvgIpc) is 3.46. The molecule has 2 heterocycles. The molecule has 249 valence electrons. The third kappa shape index (κ3) is 9.60. The third-order valence-corrected chi connectivity index (χ3v) is 9.98. The molecule has 0 spiro atoms. The van der Waals surface area contributed by atoms with E-state index in [0.29, 0.717) is 0 Å². The summed E-state index contributed by atoms with van der Waals surface area (Å²) in [6, 6.07) is 27.6. The number of fused-ring (bicyclic) bond motifs is 1. The largest absolute Gasteiger partial charge is 0.512 e. The fourth-order valence-electron chi connectivity index (χ4n) is 6.12. The number of nitrogens with zero attached hydrogens (tertiary/aromatic N) is 1. The van der Waals surface area contributed by atoms with Crippen molar-refractivity contribution >= 4 is 27.2 Å². The van der Waals surface area contributed by atoms with Crippen LogP contribution in [-0.4, -0.2) is 15.9 Å². The van der Waals surface area contributed by atoms with Gasteiger partial charge >= 0.3 is 0 Å². The molecule has 0 saturated heterocycles. The molecule has 47 heavy (non-hydrogen) atoms. The van der Waals surface area contributed by atoms with Crippen molar-refractivity contribution in [1.29, 1.82) is 0 Å². The molecule has 0 fully saturated rings. The molecule has 0 unspecified atom stereocenters. The maximum Gasteiger partial charge on any atom is 0.162 e. The van der Waals surface area contributed by atoms with E-state index in [1.165, 1.54) is 54.4 Å². The molecule has 0 saturated carbocycles. The first-order chi connectivity index (χ1) is 22.1. The van der Waals surface area contributed by atoms with Crippen LogP contribution in [0, 0.1) is 45.6 Å². The van der Waals surface area contributed by atoms with Crippen molar-refractivity contribution in [3.8, 4) is 32.8 Å². The number of rotatable bonds is 10. The summed E-state index contributed by atoms with van der Waals surface area (Å²) in [4.78, 5) is 17.7. The van der Waals surface area contributed by atoms with E-state index in [0.717, 1.165) is 42.5 Å². The van der Waals surface area contributed by atoms with E-state index in [-0.39, 0.29) is 43.5 Å². The van der Waals surface area contributed by atoms with Crippen LogP contribution in [0.3, 0.4) is 0 Å². The van der Waals surface area contributed by atoms with Crippen LogP contribution in [-0.2, 0) is 24.9 Å². The van der Waals surface area contributed by atoms with Crippen molar-refractivity contribution < 1.29 is 30.0 Å². The van der Waals surface area contributed by atoms with E-state index in [1.54, 1.807) is 11.3 Å². The predicted molar refractivity (Wildman–Crippen MR) is 198 cm³/mol. The number of benzene rings is 3. The SMILES string of the molecule is CCC(CC)C(=O)/C=C(\O)C(CC)CC.Cc1[c-]c(-c2cc3cc(-c4ccc(-c5c(C)cccc5C)cc4)sc3cn2)cc(C)c1.[Ir]. The number of aromatic nitrogens is 1. The Morgan fingerprint density at radius 2 is 1.43 bits per heavy atom. The van der Waals surface area contributed by atoms with E-state index in [2.05, 4.69) is 100 Å². The summed E-state index contributed by atoms with van der Waals surface area (Å²) in [5.41, 5.74) is 10.9. The summed E-state index contributed by atoms with van der Waals surface area (Å²) in [5.74, 6) is 0.547. The van der Waals surface area contributed by atoms with Gasteiger partial charge in [-0.2, -0.15) is 0 Å². The summed E-state index contributed by atoms with van der Waals surface area (Å²) >= 11 is 1.80. The minimum Gasteiger partial charge on any atom is -0.512 e. The Hall–Kier alpha value is -3.37. The topological polar surface area (TPSA) is 50.2 Å². The number of pyridine rings is 1. The Balaban J connectivity index is 0.000000322. The number of allylic oxidation sites excluding steroid dienone is 2. The van der Waals surface area contributed by atoms with Crippen LogP contribution in [0.15, 0.2) is 84.8 Å². The van der Waals surface area contributed by atoms with Gasteiger partial charge in [0.2, 0.25) is 0 Å². The van der Waals surface area contributed by atoms with Crippen molar-refractivity contribution in [3.63, 3.8) is 0 Å². The molecule has 0 aliphatic heterocycles. The summed E-state index contributed by atoms with van der Waals surface area (Å²) in [6.07, 6.45) is 6.90. The zero-order valence-corrected chi connectivity index (χ0v) is 32.2. The fraction of sp³-hybridized carbons (Fsp3) is 0.333. The van der Waals surface area contributed by atoms with E-state index < -0.39 is 0 Å². The molecular formula is C42H48IrNO2S-. The van der Waals surface area contributed by atoms with Gasteiger partial charge in [0, 0.05) is 49.1 Å². The summed E-state index contributed by atoms with van der Waals surface area (Å²) in [7, 11) is 0. The van der Waals surface area contributed by atoms with E-state index in [4.69, 9.17) is 4.98 Å². The summed E-state index contributed by atoms with van der Waals surface area (Å²) in [5, 5.41) is 11.0. The average molecular weight is 823 g/mol. The summed E-state index contributed by atoms with van der Waals surface area (Å²) in [6.45, 7) is 16.6. The smallest absolute Gasteiger partial charge is 0.162 e. The second kappa shape index (κ2) is 17.7. The number of ketones is 1. The van der Waals surface area contributed by atoms with Crippen LogP contribution in [0.1, 0.15) is 75.6 Å². The standard InChI is InChI=1S/C29H24NS.C13H24O2.Ir/c1-18-12-19(2)14-24(13-18)26-15-25-16-27(31-28(25)17-30-26)22-8-10-23(11-9-22)29-20(3)6-5-7-21(29)4;1-5-10(6-2)12(14)9-13(15)11(7-3)8-4;/h5-13,15-17H,1-4H3;9-11,14H,5-8H2,1-4H3;/q-1;;/b;12-9-;. The Morgan fingerprint density at radius 3 is 2.00 bits per heavy atom. The van der Waals surface area contributed by atoms with Gasteiger partial charge in [0.25, 0.3) is 0 Å². The zero-order chi connectivity index (χ0) is 33.4. The van der Waals surface area contributed by atoms with Crippen LogP contribution < -0.4 is 0 Å². The molecule has 0 bridgehead atoms. The predicted octanol–water partition coefficient (Wildman–Crippen LogP) is 12.2. The normalized spacial score (nSPS) is 11.4. The first kappa shape index (κ1) is 38.1. The quantitative estimate of drug-likeness (QED) is 0.0867. The number of aliphatic hydroxyl groups is 1. The molecule has 2 aromatic heterocycles. The summed E-state index contributed by atoms with van der Waals surface area (Å²) < 4.78 is 1.21. The first-order valence-electron chi connectivity index (χ1n) is 16.6. The van der Waals surface area contributed by atoms with Crippen LogP contribution in [0.5, 0.6) is 0 Å². The van der Waals surface area contributed by atoms with E-state index in [1.807, 2.05) is 33.9 Å². The first-order valence-corrected chi connectivity index (χ1v) is 17.4. The Labute approximate surface area is 299 Å². The minimum atomic E-state index is 0. The molecule has 0 aliphatic carbocycles. The van der Waals surface area contributed by atoms with Crippen molar-refractivity contribution in [2.75, 3.05) is 0 Å². The zero-order valence-electron chi connectivity index (χ0n) is 29.0. The third-order valence-electron chi connectivity index (χ3n) is 8.85. The molecule has 5 heteroatoms. The van der Waals surface area contributed by atoms with Gasteiger partial charge in [-0.15, -0.1) is 46.2 Å². The number of carbonyl (C=O) groups excluding carboxylic acids is 1. The monoisotopic (exact) mass is 823 g/mol. The molecule has 1 radical (unpaired) electrons. The van der Waals surface area contributed by atoms with Gasteiger partial charge in [0.1, 0.15) is 0 Å². The Bertz CT molecular complexity index is 1770. The van der Waals surface area contributed by atoms with Gasteiger partial charge in [-0.05, 0) is 84.5 Å². The molecule has 5 aromatic rings. The number of hydrogen-bond donors (Lipinski definition) is 1. The molecule has 3 aromatic carbocycles. The molecule has 5 rings (SSSR count). The Kier molecular flexibility index (Phi) is 14.3. The fourth-order valence-corrected chi connectivity index (χ4v) is 7.14. The van der Waals surface area contributed by atoms with E-state index in [9.17, 15) is 9.90 Å². The van der Waals surface area contributed by atoms with Crippen molar-refractivity contribution in [2.45, 2.75) is 81.1 Å². The van der Waals surface area contributed by atoms with Gasteiger partial charge in [-0.3, -0.25) is 4.79 Å². The van der Waals surface area contributed by atoms with Gasteiger partial charge in [-0.1, -0.05) is 90.1 Å². The second-order valence-electron chi connectivity index (χ2n) is 12.3. The molecule has 0 atom stereocenters. The van der Waals surface area contributed by atoms with Gasteiger partial charge in [0.05, 0.1) is 10.5 Å². The molecule has 3 nitrogen and oxygen atoms in total. The Morgan fingerprint density at radius 1 is 0.830 bits per heavy atom.